The summed E-state index contributed by atoms with van der Waals surface area (Å²) >= 11 is 0. The zero-order valence-corrected chi connectivity index (χ0v) is 16.1. The Labute approximate surface area is 172 Å². The highest BCUT2D eigenvalue weighted by atomic mass is 16.5. The minimum atomic E-state index is -0.158. The molecule has 0 N–H and O–H groups in total. The largest absolute Gasteiger partial charge is 0.344 e. The molecule has 0 spiro atoms. The molecule has 29 heavy (non-hydrogen) atoms. The highest BCUT2D eigenvalue weighted by Crippen LogP contribution is 2.52. The second-order valence-electron chi connectivity index (χ2n) is 7.33. The first kappa shape index (κ1) is 17.7. The molecule has 1 aliphatic rings. The second-order valence-corrected chi connectivity index (χ2v) is 7.33. The van der Waals surface area contributed by atoms with E-state index in [1.165, 1.54) is 11.1 Å². The SMILES string of the molecule is c1ccc(C2O[C@@H](c3ccccc3)[C@@H](c3ccccc3)N2c2ccccc2)cc1. The van der Waals surface area contributed by atoms with Gasteiger partial charge in [0.2, 0.25) is 0 Å². The molecular weight excluding hydrogens is 354 g/mol. The summed E-state index contributed by atoms with van der Waals surface area (Å²) in [6, 6.07) is 42.4. The van der Waals surface area contributed by atoms with E-state index in [4.69, 9.17) is 4.74 Å². The fraction of sp³-hybridized carbons (Fsp3) is 0.111. The van der Waals surface area contributed by atoms with Gasteiger partial charge in [-0.3, -0.25) is 0 Å². The van der Waals surface area contributed by atoms with Gasteiger partial charge in [-0.25, -0.2) is 0 Å². The third-order valence-corrected chi connectivity index (χ3v) is 5.52. The van der Waals surface area contributed by atoms with Crippen LogP contribution in [0.2, 0.25) is 0 Å². The summed E-state index contributed by atoms with van der Waals surface area (Å²) in [6.07, 6.45) is -0.224. The maximum atomic E-state index is 6.79. The lowest BCUT2D eigenvalue weighted by Crippen LogP contribution is -2.27. The Bertz CT molecular complexity index is 948. The zero-order valence-electron chi connectivity index (χ0n) is 16.1. The van der Waals surface area contributed by atoms with Crippen molar-refractivity contribution < 1.29 is 4.74 Å². The summed E-state index contributed by atoms with van der Waals surface area (Å²) in [4.78, 5) is 2.42. The van der Waals surface area contributed by atoms with Gasteiger partial charge in [-0.2, -0.15) is 0 Å². The molecule has 1 aliphatic heterocycles. The van der Waals surface area contributed by atoms with Crippen LogP contribution in [0.4, 0.5) is 5.69 Å². The van der Waals surface area contributed by atoms with Gasteiger partial charge in [0.05, 0.1) is 6.04 Å². The normalized spacial score (nSPS) is 21.2. The van der Waals surface area contributed by atoms with Gasteiger partial charge in [0, 0.05) is 11.3 Å². The monoisotopic (exact) mass is 377 g/mol. The first-order chi connectivity index (χ1) is 14.4. The molecular formula is C27H23NO. The van der Waals surface area contributed by atoms with Crippen molar-refractivity contribution in [2.45, 2.75) is 18.4 Å². The Morgan fingerprint density at radius 3 is 1.48 bits per heavy atom. The molecule has 0 aromatic heterocycles. The highest BCUT2D eigenvalue weighted by molar-refractivity contribution is 5.53. The Morgan fingerprint density at radius 2 is 0.931 bits per heavy atom. The molecule has 0 radical (unpaired) electrons. The van der Waals surface area contributed by atoms with E-state index in [0.717, 1.165) is 11.3 Å². The van der Waals surface area contributed by atoms with Crippen molar-refractivity contribution in [3.05, 3.63) is 138 Å². The first-order valence-corrected chi connectivity index (χ1v) is 10.1. The van der Waals surface area contributed by atoms with Crippen molar-refractivity contribution in [1.82, 2.24) is 0 Å². The summed E-state index contributed by atoms with van der Waals surface area (Å²) in [6.45, 7) is 0. The maximum absolute atomic E-state index is 6.79. The molecule has 1 unspecified atom stereocenters. The molecule has 2 nitrogen and oxygen atoms in total. The molecule has 1 saturated heterocycles. The average molecular weight is 377 g/mol. The molecule has 0 saturated carbocycles. The van der Waals surface area contributed by atoms with Crippen molar-refractivity contribution in [1.29, 1.82) is 0 Å². The average Bonchev–Trinajstić information content (AvgIpc) is 3.22. The lowest BCUT2D eigenvalue weighted by Gasteiger charge is -2.31. The number of rotatable bonds is 4. The van der Waals surface area contributed by atoms with Crippen LogP contribution < -0.4 is 4.90 Å². The standard InChI is InChI=1S/C27H23NO/c1-5-13-21(14-6-1)25-26(22-15-7-2-8-16-22)29-27(23-17-9-3-10-18-23)28(25)24-19-11-4-12-20-24/h1-20,25-27H/t25-,26+,27?/m1/s1. The first-order valence-electron chi connectivity index (χ1n) is 10.1. The number of nitrogens with zero attached hydrogens (tertiary/aromatic N) is 1. The quantitative estimate of drug-likeness (QED) is 0.392. The Morgan fingerprint density at radius 1 is 0.483 bits per heavy atom. The lowest BCUT2D eigenvalue weighted by molar-refractivity contribution is 0.0404. The lowest BCUT2D eigenvalue weighted by atomic mass is 9.95. The molecule has 0 bridgehead atoms. The van der Waals surface area contributed by atoms with Gasteiger partial charge in [0.1, 0.15) is 6.10 Å². The molecule has 4 aromatic rings. The second kappa shape index (κ2) is 7.94. The van der Waals surface area contributed by atoms with Crippen molar-refractivity contribution in [2.24, 2.45) is 0 Å². The van der Waals surface area contributed by atoms with E-state index in [-0.39, 0.29) is 18.4 Å². The summed E-state index contributed by atoms with van der Waals surface area (Å²) < 4.78 is 6.79. The fourth-order valence-corrected chi connectivity index (χ4v) is 4.21. The minimum Gasteiger partial charge on any atom is -0.344 e. The van der Waals surface area contributed by atoms with E-state index in [1.54, 1.807) is 0 Å². The third kappa shape index (κ3) is 3.43. The Balaban J connectivity index is 1.69. The number of ether oxygens (including phenoxy) is 1. The highest BCUT2D eigenvalue weighted by Gasteiger charge is 2.44. The molecule has 3 atom stereocenters. The number of para-hydroxylation sites is 1. The molecule has 2 heteroatoms. The van der Waals surface area contributed by atoms with Gasteiger partial charge in [0.25, 0.3) is 0 Å². The van der Waals surface area contributed by atoms with E-state index in [1.807, 2.05) is 0 Å². The van der Waals surface area contributed by atoms with Gasteiger partial charge < -0.3 is 9.64 Å². The Kier molecular flexibility index (Phi) is 4.85. The van der Waals surface area contributed by atoms with E-state index < -0.39 is 0 Å². The van der Waals surface area contributed by atoms with E-state index >= 15 is 0 Å². The van der Waals surface area contributed by atoms with Crippen LogP contribution in [0, 0.1) is 0 Å². The molecule has 1 heterocycles. The molecule has 0 amide bonds. The molecule has 5 rings (SSSR count). The third-order valence-electron chi connectivity index (χ3n) is 5.52. The van der Waals surface area contributed by atoms with Gasteiger partial charge in [-0.1, -0.05) is 109 Å². The number of hydrogen-bond acceptors (Lipinski definition) is 2. The molecule has 1 fully saturated rings. The Hall–Kier alpha value is -3.36. The molecule has 142 valence electrons. The number of anilines is 1. The van der Waals surface area contributed by atoms with Crippen LogP contribution in [0.3, 0.4) is 0 Å². The fourth-order valence-electron chi connectivity index (χ4n) is 4.21. The topological polar surface area (TPSA) is 12.5 Å². The van der Waals surface area contributed by atoms with Crippen LogP contribution in [0.15, 0.2) is 121 Å². The predicted molar refractivity (Wildman–Crippen MR) is 118 cm³/mol. The summed E-state index contributed by atoms with van der Waals surface area (Å²) in [7, 11) is 0. The van der Waals surface area contributed by atoms with Gasteiger partial charge in [-0.05, 0) is 23.3 Å². The smallest absolute Gasteiger partial charge is 0.158 e. The van der Waals surface area contributed by atoms with Crippen LogP contribution >= 0.6 is 0 Å². The van der Waals surface area contributed by atoms with Crippen LogP contribution in [0.25, 0.3) is 0 Å². The van der Waals surface area contributed by atoms with Crippen molar-refractivity contribution in [3.8, 4) is 0 Å². The predicted octanol–water partition coefficient (Wildman–Crippen LogP) is 6.70. The van der Waals surface area contributed by atoms with Crippen LogP contribution in [-0.2, 0) is 4.74 Å². The summed E-state index contributed by atoms with van der Waals surface area (Å²) in [5, 5.41) is 0. The van der Waals surface area contributed by atoms with Gasteiger partial charge in [0.15, 0.2) is 6.23 Å². The van der Waals surface area contributed by atoms with Gasteiger partial charge >= 0.3 is 0 Å². The summed E-state index contributed by atoms with van der Waals surface area (Å²) in [5.41, 5.74) is 4.77. The maximum Gasteiger partial charge on any atom is 0.158 e. The van der Waals surface area contributed by atoms with Crippen molar-refractivity contribution in [2.75, 3.05) is 4.90 Å². The molecule has 0 aliphatic carbocycles. The van der Waals surface area contributed by atoms with Crippen molar-refractivity contribution >= 4 is 5.69 Å². The molecule has 4 aromatic carbocycles. The van der Waals surface area contributed by atoms with Crippen LogP contribution in [-0.4, -0.2) is 0 Å². The van der Waals surface area contributed by atoms with E-state index in [9.17, 15) is 0 Å². The van der Waals surface area contributed by atoms with Crippen molar-refractivity contribution in [3.63, 3.8) is 0 Å². The summed E-state index contributed by atoms with van der Waals surface area (Å²) in [5.74, 6) is 0. The van der Waals surface area contributed by atoms with E-state index in [2.05, 4.69) is 126 Å². The minimum absolute atomic E-state index is 0.0657. The van der Waals surface area contributed by atoms with E-state index in [0.29, 0.717) is 0 Å². The zero-order chi connectivity index (χ0) is 19.5. The van der Waals surface area contributed by atoms with Crippen LogP contribution in [0.1, 0.15) is 35.1 Å². The number of benzene rings is 4. The van der Waals surface area contributed by atoms with Gasteiger partial charge in [-0.15, -0.1) is 0 Å². The number of hydrogen-bond donors (Lipinski definition) is 0. The van der Waals surface area contributed by atoms with Crippen LogP contribution in [0.5, 0.6) is 0 Å².